The van der Waals surface area contributed by atoms with E-state index in [-0.39, 0.29) is 35.7 Å². The summed E-state index contributed by atoms with van der Waals surface area (Å²) in [5.41, 5.74) is 5.95. The summed E-state index contributed by atoms with van der Waals surface area (Å²) < 4.78 is 9.52. The molecule has 5 aromatic rings. The maximum Gasteiger partial charge on any atom is 0.407 e. The van der Waals surface area contributed by atoms with Crippen LogP contribution in [0.1, 0.15) is 77.1 Å². The molecular formula is C44H52N8O6S. The van der Waals surface area contributed by atoms with E-state index in [9.17, 15) is 19.2 Å². The van der Waals surface area contributed by atoms with Crippen molar-refractivity contribution in [2.75, 3.05) is 27.3 Å². The zero-order valence-corrected chi connectivity index (χ0v) is 35.1. The number of H-pyrrole nitrogens is 2. The van der Waals surface area contributed by atoms with Crippen LogP contribution < -0.4 is 10.6 Å². The molecule has 7 rings (SSSR count). The third kappa shape index (κ3) is 8.89. The molecule has 4 amide bonds. The van der Waals surface area contributed by atoms with E-state index in [1.807, 2.05) is 49.9 Å². The summed E-state index contributed by atoms with van der Waals surface area (Å²) in [5, 5.41) is 5.40. The van der Waals surface area contributed by atoms with Gasteiger partial charge in [0.1, 0.15) is 23.7 Å². The van der Waals surface area contributed by atoms with Crippen molar-refractivity contribution in [1.82, 2.24) is 40.4 Å². The monoisotopic (exact) mass is 820 g/mol. The zero-order chi connectivity index (χ0) is 41.8. The van der Waals surface area contributed by atoms with Crippen LogP contribution in [0.3, 0.4) is 0 Å². The van der Waals surface area contributed by atoms with Gasteiger partial charge in [-0.2, -0.15) is 0 Å². The molecular weight excluding hydrogens is 769 g/mol. The van der Waals surface area contributed by atoms with Crippen LogP contribution in [0.25, 0.3) is 43.4 Å². The van der Waals surface area contributed by atoms with Gasteiger partial charge in [0.25, 0.3) is 0 Å². The number of benzene rings is 2. The predicted octanol–water partition coefficient (Wildman–Crippen LogP) is 7.95. The van der Waals surface area contributed by atoms with E-state index in [4.69, 9.17) is 9.47 Å². The molecule has 2 aliphatic heterocycles. The number of likely N-dealkylation sites (tertiary alicyclic amines) is 2. The maximum absolute atomic E-state index is 13.6. The molecule has 0 bridgehead atoms. The number of thiophene rings is 1. The van der Waals surface area contributed by atoms with Crippen LogP contribution in [0.15, 0.2) is 73.1 Å². The molecule has 2 aromatic carbocycles. The number of aromatic nitrogens is 4. The highest BCUT2D eigenvalue weighted by Gasteiger charge is 2.39. The Labute approximate surface area is 348 Å². The first-order valence-electron chi connectivity index (χ1n) is 20.2. The molecule has 2 fully saturated rings. The Hall–Kier alpha value is -5.96. The van der Waals surface area contributed by atoms with E-state index < -0.39 is 24.3 Å². The van der Waals surface area contributed by atoms with Crippen LogP contribution in [0, 0.1) is 11.8 Å². The molecule has 5 heterocycles. The van der Waals surface area contributed by atoms with Gasteiger partial charge in [-0.05, 0) is 71.9 Å². The Morgan fingerprint density at radius 2 is 1.00 bits per heavy atom. The summed E-state index contributed by atoms with van der Waals surface area (Å²) in [6.45, 7) is 8.82. The van der Waals surface area contributed by atoms with Crippen molar-refractivity contribution < 1.29 is 28.7 Å². The molecule has 4 N–H and O–H groups in total. The van der Waals surface area contributed by atoms with Crippen molar-refractivity contribution in [3.05, 3.63) is 84.7 Å². The van der Waals surface area contributed by atoms with E-state index in [0.29, 0.717) is 13.1 Å². The SMILES string of the molecule is COC(=O)NC(C(=O)N1CCC[C@H]1c1ncc(-c2ccc(-c3ccc(-c4ccc(-c5cnc([C@@H]6CCCN6C(=O)[C@@H](NC(=O)OC)C(C)C)[nH]5)cc4)s3)cc2)[nH]1)C(C)C. The predicted molar refractivity (Wildman–Crippen MR) is 226 cm³/mol. The van der Waals surface area contributed by atoms with Crippen molar-refractivity contribution in [1.29, 1.82) is 0 Å². The van der Waals surface area contributed by atoms with Crippen LogP contribution in [-0.2, 0) is 19.1 Å². The normalized spacial score (nSPS) is 17.6. The van der Waals surface area contributed by atoms with Gasteiger partial charge in [-0.25, -0.2) is 19.6 Å². The molecule has 0 spiro atoms. The first-order valence-corrected chi connectivity index (χ1v) is 21.0. The Kier molecular flexibility index (Phi) is 12.5. The summed E-state index contributed by atoms with van der Waals surface area (Å²) in [7, 11) is 2.59. The summed E-state index contributed by atoms with van der Waals surface area (Å²) in [6.07, 6.45) is 5.67. The molecule has 14 nitrogen and oxygen atoms in total. The highest BCUT2D eigenvalue weighted by atomic mass is 32.1. The second kappa shape index (κ2) is 17.9. The molecule has 0 aliphatic carbocycles. The van der Waals surface area contributed by atoms with Crippen molar-refractivity contribution in [3.8, 4) is 43.4 Å². The van der Waals surface area contributed by atoms with Gasteiger partial charge in [-0.1, -0.05) is 76.2 Å². The van der Waals surface area contributed by atoms with Gasteiger partial charge in [-0.3, -0.25) is 9.59 Å². The fourth-order valence-electron chi connectivity index (χ4n) is 7.97. The number of aromatic amines is 2. The number of carbonyl (C=O) groups is 4. The Balaban J connectivity index is 0.989. The average molecular weight is 821 g/mol. The molecule has 310 valence electrons. The molecule has 3 aromatic heterocycles. The number of amides is 4. The second-order valence-electron chi connectivity index (χ2n) is 15.8. The number of alkyl carbamates (subject to hydrolysis) is 2. The number of hydrogen-bond donors (Lipinski definition) is 4. The summed E-state index contributed by atoms with van der Waals surface area (Å²) in [5.74, 6) is 0.991. The van der Waals surface area contributed by atoms with E-state index >= 15 is 0 Å². The van der Waals surface area contributed by atoms with Crippen molar-refractivity contribution in [3.63, 3.8) is 0 Å². The summed E-state index contributed by atoms with van der Waals surface area (Å²) in [4.78, 5) is 73.2. The van der Waals surface area contributed by atoms with Gasteiger partial charge >= 0.3 is 12.2 Å². The smallest absolute Gasteiger partial charge is 0.407 e. The lowest BCUT2D eigenvalue weighted by Gasteiger charge is -2.30. The van der Waals surface area contributed by atoms with Crippen LogP contribution in [0.5, 0.6) is 0 Å². The van der Waals surface area contributed by atoms with E-state index in [2.05, 4.69) is 91.2 Å². The van der Waals surface area contributed by atoms with Gasteiger partial charge in [0.05, 0.1) is 50.1 Å². The second-order valence-corrected chi connectivity index (χ2v) is 16.9. The minimum atomic E-state index is -0.684. The van der Waals surface area contributed by atoms with Gasteiger partial charge in [0.15, 0.2) is 0 Å². The van der Waals surface area contributed by atoms with Crippen molar-refractivity contribution in [2.24, 2.45) is 11.8 Å². The number of carbonyl (C=O) groups excluding carboxylic acids is 4. The van der Waals surface area contributed by atoms with Gasteiger partial charge in [0, 0.05) is 22.8 Å². The molecule has 15 heteroatoms. The largest absolute Gasteiger partial charge is 0.453 e. The first kappa shape index (κ1) is 41.2. The van der Waals surface area contributed by atoms with Gasteiger partial charge in [-0.15, -0.1) is 11.3 Å². The molecule has 4 atom stereocenters. The number of rotatable bonds is 12. The number of imidazole rings is 2. The van der Waals surface area contributed by atoms with Crippen LogP contribution in [-0.4, -0.2) is 93.1 Å². The number of nitrogens with one attached hydrogen (secondary N) is 4. The first-order chi connectivity index (χ1) is 28.4. The number of hydrogen-bond acceptors (Lipinski definition) is 9. The third-order valence-corrected chi connectivity index (χ3v) is 12.4. The molecule has 59 heavy (non-hydrogen) atoms. The minimum absolute atomic E-state index is 0.102. The fourth-order valence-corrected chi connectivity index (χ4v) is 8.98. The zero-order valence-electron chi connectivity index (χ0n) is 34.3. The fraction of sp³-hybridized carbons (Fsp3) is 0.409. The lowest BCUT2D eigenvalue weighted by Crippen LogP contribution is -2.51. The molecule has 2 aliphatic rings. The summed E-state index contributed by atoms with van der Waals surface area (Å²) in [6, 6.07) is 19.3. The van der Waals surface area contributed by atoms with Crippen molar-refractivity contribution >= 4 is 35.3 Å². The highest BCUT2D eigenvalue weighted by molar-refractivity contribution is 7.18. The number of methoxy groups -OCH3 is 2. The highest BCUT2D eigenvalue weighted by Crippen LogP contribution is 2.38. The lowest BCUT2D eigenvalue weighted by atomic mass is 10.0. The molecule has 2 saturated heterocycles. The lowest BCUT2D eigenvalue weighted by molar-refractivity contribution is -0.136. The van der Waals surface area contributed by atoms with Crippen LogP contribution >= 0.6 is 11.3 Å². The summed E-state index contributed by atoms with van der Waals surface area (Å²) >= 11 is 1.73. The van der Waals surface area contributed by atoms with Crippen LogP contribution in [0.2, 0.25) is 0 Å². The number of nitrogens with zero attached hydrogens (tertiary/aromatic N) is 4. The maximum atomic E-state index is 13.6. The average Bonchev–Trinajstić information content (AvgIpc) is 4.10. The van der Waals surface area contributed by atoms with Crippen LogP contribution in [0.4, 0.5) is 9.59 Å². The third-order valence-electron chi connectivity index (χ3n) is 11.2. The quantitative estimate of drug-likeness (QED) is 0.0981. The standard InChI is InChI=1S/C44H52N8O6S/c1-25(2)37(49-43(55)57-5)41(53)51-21-7-9-33(51)39-45-23-31(47-39)27-11-15-29(16-12-27)35-19-20-36(59-35)30-17-13-28(14-18-30)32-24-46-40(48-32)34-10-8-22-52(34)42(54)38(26(3)4)50-44(56)58-6/h11-20,23-26,33-34,37-38H,7-10,21-22H2,1-6H3,(H,45,47)(H,46,48)(H,49,55)(H,50,56)/t33-,34-,37-,38?/m0/s1. The minimum Gasteiger partial charge on any atom is -0.453 e. The van der Waals surface area contributed by atoms with E-state index in [1.165, 1.54) is 14.2 Å². The van der Waals surface area contributed by atoms with E-state index in [0.717, 1.165) is 80.7 Å². The molecule has 0 saturated carbocycles. The molecule has 1 unspecified atom stereocenters. The van der Waals surface area contributed by atoms with E-state index in [1.54, 1.807) is 11.3 Å². The number of ether oxygens (including phenoxy) is 2. The van der Waals surface area contributed by atoms with Gasteiger partial charge < -0.3 is 39.9 Å². The Bertz CT molecular complexity index is 2110. The topological polar surface area (TPSA) is 175 Å². The van der Waals surface area contributed by atoms with Crippen molar-refractivity contribution in [2.45, 2.75) is 77.5 Å². The Morgan fingerprint density at radius 1 is 0.627 bits per heavy atom. The Morgan fingerprint density at radius 3 is 1.36 bits per heavy atom. The molecule has 0 radical (unpaired) electrons. The van der Waals surface area contributed by atoms with Gasteiger partial charge in [0.2, 0.25) is 11.8 Å².